The van der Waals surface area contributed by atoms with Crippen LogP contribution in [0, 0.1) is 0 Å². The van der Waals surface area contributed by atoms with Crippen molar-refractivity contribution in [1.29, 1.82) is 0 Å². The standard InChI is InChI=1S/C16H26N2O3/c1-4-14-15(8-7-11(2)18-14)21-12(3)16(19)17-10-13-6-5-9-20-13/h5-6,9,11-12,14-15,18H,4,7-8,10H2,1-3H3,(H,17,19). The third-order valence-corrected chi connectivity index (χ3v) is 4.04. The first-order chi connectivity index (χ1) is 10.1. The zero-order valence-electron chi connectivity index (χ0n) is 13.1. The highest BCUT2D eigenvalue weighted by atomic mass is 16.5. The average Bonchev–Trinajstić information content (AvgIpc) is 2.99. The minimum absolute atomic E-state index is 0.0973. The molecule has 2 heterocycles. The molecule has 1 aromatic heterocycles. The number of furan rings is 1. The van der Waals surface area contributed by atoms with E-state index in [4.69, 9.17) is 9.15 Å². The summed E-state index contributed by atoms with van der Waals surface area (Å²) < 4.78 is 11.2. The minimum Gasteiger partial charge on any atom is -0.467 e. The Hall–Kier alpha value is -1.33. The van der Waals surface area contributed by atoms with E-state index in [1.165, 1.54) is 0 Å². The second-order valence-corrected chi connectivity index (χ2v) is 5.77. The second kappa shape index (κ2) is 7.61. The highest BCUT2D eigenvalue weighted by molar-refractivity contribution is 5.80. The van der Waals surface area contributed by atoms with Gasteiger partial charge in [-0.2, -0.15) is 0 Å². The molecule has 1 aliphatic rings. The molecule has 1 aromatic rings. The molecule has 0 bridgehead atoms. The Morgan fingerprint density at radius 3 is 3.05 bits per heavy atom. The van der Waals surface area contributed by atoms with Crippen LogP contribution in [-0.2, 0) is 16.1 Å². The van der Waals surface area contributed by atoms with E-state index in [9.17, 15) is 4.79 Å². The molecule has 0 spiro atoms. The lowest BCUT2D eigenvalue weighted by atomic mass is 9.94. The van der Waals surface area contributed by atoms with E-state index in [1.807, 2.05) is 19.1 Å². The predicted octanol–water partition coefficient (Wildman–Crippen LogP) is 2.22. The number of carbonyl (C=O) groups excluding carboxylic acids is 1. The molecule has 4 unspecified atom stereocenters. The lowest BCUT2D eigenvalue weighted by molar-refractivity contribution is -0.138. The van der Waals surface area contributed by atoms with Crippen molar-refractivity contribution in [2.24, 2.45) is 0 Å². The van der Waals surface area contributed by atoms with Crippen LogP contribution in [0.2, 0.25) is 0 Å². The molecule has 2 rings (SSSR count). The van der Waals surface area contributed by atoms with Crippen molar-refractivity contribution < 1.29 is 13.9 Å². The molecule has 0 saturated carbocycles. The third kappa shape index (κ3) is 4.58. The molecular formula is C16H26N2O3. The van der Waals surface area contributed by atoms with Crippen molar-refractivity contribution in [2.75, 3.05) is 0 Å². The lowest BCUT2D eigenvalue weighted by Crippen LogP contribution is -2.51. The summed E-state index contributed by atoms with van der Waals surface area (Å²) in [5, 5.41) is 6.38. The van der Waals surface area contributed by atoms with Crippen LogP contribution in [0.25, 0.3) is 0 Å². The normalized spacial score (nSPS) is 27.3. The summed E-state index contributed by atoms with van der Waals surface area (Å²) in [6.07, 6.45) is 4.35. The molecule has 5 nitrogen and oxygen atoms in total. The summed E-state index contributed by atoms with van der Waals surface area (Å²) in [4.78, 5) is 12.1. The molecule has 118 valence electrons. The van der Waals surface area contributed by atoms with Crippen LogP contribution in [-0.4, -0.2) is 30.2 Å². The molecule has 0 radical (unpaired) electrons. The number of amides is 1. The highest BCUT2D eigenvalue weighted by Gasteiger charge is 2.30. The number of hydrogen-bond donors (Lipinski definition) is 2. The number of hydrogen-bond acceptors (Lipinski definition) is 4. The van der Waals surface area contributed by atoms with Crippen LogP contribution < -0.4 is 10.6 Å². The summed E-state index contributed by atoms with van der Waals surface area (Å²) >= 11 is 0. The SMILES string of the molecule is CCC1NC(C)CCC1OC(C)C(=O)NCc1ccco1. The molecule has 21 heavy (non-hydrogen) atoms. The van der Waals surface area contributed by atoms with Gasteiger partial charge in [-0.25, -0.2) is 0 Å². The van der Waals surface area contributed by atoms with Gasteiger partial charge >= 0.3 is 0 Å². The zero-order chi connectivity index (χ0) is 15.2. The topological polar surface area (TPSA) is 63.5 Å². The van der Waals surface area contributed by atoms with Gasteiger partial charge in [0.05, 0.1) is 18.9 Å². The fourth-order valence-corrected chi connectivity index (χ4v) is 2.77. The van der Waals surface area contributed by atoms with Gasteiger partial charge < -0.3 is 19.8 Å². The molecule has 0 aromatic carbocycles. The van der Waals surface area contributed by atoms with Crippen LogP contribution in [0.15, 0.2) is 22.8 Å². The van der Waals surface area contributed by atoms with Gasteiger partial charge in [-0.3, -0.25) is 4.79 Å². The van der Waals surface area contributed by atoms with Gasteiger partial charge in [0, 0.05) is 12.1 Å². The summed E-state index contributed by atoms with van der Waals surface area (Å²) in [6.45, 7) is 6.55. The van der Waals surface area contributed by atoms with Crippen molar-refractivity contribution in [3.05, 3.63) is 24.2 Å². The summed E-state index contributed by atoms with van der Waals surface area (Å²) in [5.74, 6) is 0.648. The van der Waals surface area contributed by atoms with Gasteiger partial charge in [0.15, 0.2) is 0 Å². The van der Waals surface area contributed by atoms with Crippen molar-refractivity contribution in [3.8, 4) is 0 Å². The van der Waals surface area contributed by atoms with E-state index < -0.39 is 6.10 Å². The second-order valence-electron chi connectivity index (χ2n) is 5.77. The van der Waals surface area contributed by atoms with E-state index >= 15 is 0 Å². The maximum absolute atomic E-state index is 12.1. The Bertz CT molecular complexity index is 433. The molecule has 2 N–H and O–H groups in total. The first kappa shape index (κ1) is 16.0. The molecule has 4 atom stereocenters. The first-order valence-corrected chi connectivity index (χ1v) is 7.81. The Morgan fingerprint density at radius 1 is 1.57 bits per heavy atom. The summed E-state index contributed by atoms with van der Waals surface area (Å²) in [6, 6.07) is 4.50. The lowest BCUT2D eigenvalue weighted by Gasteiger charge is -2.36. The van der Waals surface area contributed by atoms with Crippen molar-refractivity contribution >= 4 is 5.91 Å². The quantitative estimate of drug-likeness (QED) is 0.844. The molecule has 1 fully saturated rings. The highest BCUT2D eigenvalue weighted by Crippen LogP contribution is 2.20. The van der Waals surface area contributed by atoms with E-state index in [-0.39, 0.29) is 12.0 Å². The van der Waals surface area contributed by atoms with Crippen LogP contribution in [0.3, 0.4) is 0 Å². The van der Waals surface area contributed by atoms with Gasteiger partial charge in [-0.1, -0.05) is 6.92 Å². The maximum atomic E-state index is 12.1. The molecule has 5 heteroatoms. The maximum Gasteiger partial charge on any atom is 0.249 e. The minimum atomic E-state index is -0.450. The van der Waals surface area contributed by atoms with Crippen molar-refractivity contribution in [1.82, 2.24) is 10.6 Å². The number of nitrogens with one attached hydrogen (secondary N) is 2. The van der Waals surface area contributed by atoms with Gasteiger partial charge in [0.25, 0.3) is 0 Å². The van der Waals surface area contributed by atoms with Crippen LogP contribution in [0.1, 0.15) is 45.8 Å². The monoisotopic (exact) mass is 294 g/mol. The Morgan fingerprint density at radius 2 is 2.38 bits per heavy atom. The number of piperidine rings is 1. The molecule has 0 aliphatic carbocycles. The number of ether oxygens (including phenoxy) is 1. The Balaban J connectivity index is 1.79. The predicted molar refractivity (Wildman–Crippen MR) is 80.8 cm³/mol. The smallest absolute Gasteiger partial charge is 0.249 e. The number of carbonyl (C=O) groups is 1. The number of rotatable bonds is 6. The zero-order valence-corrected chi connectivity index (χ0v) is 13.1. The van der Waals surface area contributed by atoms with Crippen molar-refractivity contribution in [2.45, 2.75) is 70.9 Å². The molecule has 1 amide bonds. The van der Waals surface area contributed by atoms with Crippen molar-refractivity contribution in [3.63, 3.8) is 0 Å². The molecular weight excluding hydrogens is 268 g/mol. The fourth-order valence-electron chi connectivity index (χ4n) is 2.77. The van der Waals surface area contributed by atoms with Gasteiger partial charge in [-0.15, -0.1) is 0 Å². The summed E-state index contributed by atoms with van der Waals surface area (Å²) in [5.41, 5.74) is 0. The third-order valence-electron chi connectivity index (χ3n) is 4.04. The Labute approximate surface area is 126 Å². The summed E-state index contributed by atoms with van der Waals surface area (Å²) in [7, 11) is 0. The van der Waals surface area contributed by atoms with Crippen LogP contribution in [0.5, 0.6) is 0 Å². The van der Waals surface area contributed by atoms with E-state index in [2.05, 4.69) is 24.5 Å². The van der Waals surface area contributed by atoms with Crippen LogP contribution >= 0.6 is 0 Å². The van der Waals surface area contributed by atoms with Gasteiger partial charge in [0.1, 0.15) is 11.9 Å². The fraction of sp³-hybridized carbons (Fsp3) is 0.688. The van der Waals surface area contributed by atoms with E-state index in [1.54, 1.807) is 6.26 Å². The first-order valence-electron chi connectivity index (χ1n) is 7.81. The molecule has 1 aliphatic heterocycles. The Kier molecular flexibility index (Phi) is 5.82. The largest absolute Gasteiger partial charge is 0.467 e. The van der Waals surface area contributed by atoms with Gasteiger partial charge in [-0.05, 0) is 45.2 Å². The van der Waals surface area contributed by atoms with Gasteiger partial charge in [0.2, 0.25) is 5.91 Å². The van der Waals surface area contributed by atoms with Crippen LogP contribution in [0.4, 0.5) is 0 Å². The molecule has 1 saturated heterocycles. The average molecular weight is 294 g/mol. The van der Waals surface area contributed by atoms with E-state index in [0.29, 0.717) is 18.6 Å². The van der Waals surface area contributed by atoms with E-state index in [0.717, 1.165) is 25.0 Å².